The average molecular weight is 265 g/mol. The summed E-state index contributed by atoms with van der Waals surface area (Å²) < 4.78 is 2.11. The molecule has 0 bridgehead atoms. The molecule has 0 aromatic carbocycles. The van der Waals surface area contributed by atoms with Gasteiger partial charge in [0.05, 0.1) is 12.6 Å². The smallest absolute Gasteiger partial charge is 0.239 e. The lowest BCUT2D eigenvalue weighted by atomic mass is 9.99. The Morgan fingerprint density at radius 3 is 2.95 bits per heavy atom. The van der Waals surface area contributed by atoms with E-state index in [4.69, 9.17) is 5.73 Å². The summed E-state index contributed by atoms with van der Waals surface area (Å²) in [4.78, 5) is 13.9. The SMILES string of the molecule is CC[C@H](C)[C@H](N)C(=O)N(C)Cc1nnc2n1CCC2. The van der Waals surface area contributed by atoms with E-state index in [-0.39, 0.29) is 11.8 Å². The van der Waals surface area contributed by atoms with Crippen LogP contribution in [0.1, 0.15) is 38.3 Å². The lowest BCUT2D eigenvalue weighted by Gasteiger charge is -2.24. The fourth-order valence-electron chi connectivity index (χ4n) is 2.37. The van der Waals surface area contributed by atoms with Crippen molar-refractivity contribution in [1.29, 1.82) is 0 Å². The van der Waals surface area contributed by atoms with Gasteiger partial charge in [-0.2, -0.15) is 0 Å². The minimum absolute atomic E-state index is 0.0234. The summed E-state index contributed by atoms with van der Waals surface area (Å²) in [5.74, 6) is 2.06. The fourth-order valence-corrected chi connectivity index (χ4v) is 2.37. The molecule has 19 heavy (non-hydrogen) atoms. The molecule has 1 aliphatic rings. The Hall–Kier alpha value is -1.43. The van der Waals surface area contributed by atoms with E-state index in [2.05, 4.69) is 14.8 Å². The number of hydrogen-bond donors (Lipinski definition) is 1. The van der Waals surface area contributed by atoms with Crippen molar-refractivity contribution in [3.63, 3.8) is 0 Å². The van der Waals surface area contributed by atoms with Crippen LogP contribution in [-0.4, -0.2) is 38.7 Å². The number of carbonyl (C=O) groups excluding carboxylic acids is 1. The highest BCUT2D eigenvalue weighted by molar-refractivity contribution is 5.81. The van der Waals surface area contributed by atoms with E-state index < -0.39 is 6.04 Å². The zero-order valence-electron chi connectivity index (χ0n) is 12.0. The molecule has 0 aliphatic carbocycles. The number of likely N-dealkylation sites (N-methyl/N-ethyl adjacent to an activating group) is 1. The highest BCUT2D eigenvalue weighted by atomic mass is 16.2. The molecule has 0 fully saturated rings. The van der Waals surface area contributed by atoms with Gasteiger partial charge in [0.15, 0.2) is 5.82 Å². The van der Waals surface area contributed by atoms with Crippen LogP contribution in [-0.2, 0) is 24.3 Å². The Morgan fingerprint density at radius 2 is 2.26 bits per heavy atom. The number of carbonyl (C=O) groups is 1. The molecule has 6 heteroatoms. The first-order valence-electron chi connectivity index (χ1n) is 6.96. The van der Waals surface area contributed by atoms with Crippen LogP contribution in [0.15, 0.2) is 0 Å². The lowest BCUT2D eigenvalue weighted by Crippen LogP contribution is -2.45. The summed E-state index contributed by atoms with van der Waals surface area (Å²) >= 11 is 0. The third-order valence-corrected chi connectivity index (χ3v) is 3.98. The zero-order chi connectivity index (χ0) is 14.0. The molecular formula is C13H23N5O. The first kappa shape index (κ1) is 14.0. The van der Waals surface area contributed by atoms with Gasteiger partial charge in [-0.1, -0.05) is 20.3 Å². The quantitative estimate of drug-likeness (QED) is 0.843. The Kier molecular flexibility index (Phi) is 4.19. The normalized spacial score (nSPS) is 17.1. The number of hydrogen-bond acceptors (Lipinski definition) is 4. The molecule has 1 amide bonds. The van der Waals surface area contributed by atoms with E-state index in [1.807, 2.05) is 13.8 Å². The summed E-state index contributed by atoms with van der Waals surface area (Å²) in [6.45, 7) is 5.49. The maximum absolute atomic E-state index is 12.2. The number of nitrogens with two attached hydrogens (primary N) is 1. The van der Waals surface area contributed by atoms with Gasteiger partial charge in [0.1, 0.15) is 5.82 Å². The molecule has 0 saturated heterocycles. The number of rotatable bonds is 5. The van der Waals surface area contributed by atoms with E-state index in [0.29, 0.717) is 6.54 Å². The van der Waals surface area contributed by atoms with Gasteiger partial charge in [-0.3, -0.25) is 4.79 Å². The third kappa shape index (κ3) is 2.78. The van der Waals surface area contributed by atoms with Crippen molar-refractivity contribution in [1.82, 2.24) is 19.7 Å². The lowest BCUT2D eigenvalue weighted by molar-refractivity contribution is -0.133. The molecule has 6 nitrogen and oxygen atoms in total. The van der Waals surface area contributed by atoms with Crippen molar-refractivity contribution in [3.8, 4) is 0 Å². The molecule has 0 radical (unpaired) electrons. The van der Waals surface area contributed by atoms with Crippen LogP contribution in [0.3, 0.4) is 0 Å². The first-order valence-corrected chi connectivity index (χ1v) is 6.96. The van der Waals surface area contributed by atoms with Gasteiger partial charge >= 0.3 is 0 Å². The second kappa shape index (κ2) is 5.69. The van der Waals surface area contributed by atoms with Gasteiger partial charge in [0, 0.05) is 20.0 Å². The van der Waals surface area contributed by atoms with Crippen molar-refractivity contribution in [2.45, 2.75) is 52.2 Å². The monoisotopic (exact) mass is 265 g/mol. The van der Waals surface area contributed by atoms with Crippen LogP contribution in [0.25, 0.3) is 0 Å². The van der Waals surface area contributed by atoms with Crippen molar-refractivity contribution in [2.24, 2.45) is 11.7 Å². The highest BCUT2D eigenvalue weighted by Crippen LogP contribution is 2.16. The van der Waals surface area contributed by atoms with E-state index in [9.17, 15) is 4.79 Å². The standard InChI is InChI=1S/C13H23N5O/c1-4-9(2)12(14)13(19)17(3)8-11-16-15-10-6-5-7-18(10)11/h9,12H,4-8,14H2,1-3H3/t9-,12-/m0/s1. The number of nitrogens with zero attached hydrogens (tertiary/aromatic N) is 4. The first-order chi connectivity index (χ1) is 9.04. The highest BCUT2D eigenvalue weighted by Gasteiger charge is 2.25. The largest absolute Gasteiger partial charge is 0.337 e. The minimum atomic E-state index is -0.434. The molecule has 2 heterocycles. The van der Waals surface area contributed by atoms with Crippen LogP contribution < -0.4 is 5.73 Å². The van der Waals surface area contributed by atoms with Gasteiger partial charge < -0.3 is 15.2 Å². The second-order valence-corrected chi connectivity index (χ2v) is 5.39. The van der Waals surface area contributed by atoms with Gasteiger partial charge in [-0.25, -0.2) is 0 Å². The maximum atomic E-state index is 12.2. The Labute approximate surface area is 114 Å². The molecule has 1 aliphatic heterocycles. The van der Waals surface area contributed by atoms with Crippen molar-refractivity contribution >= 4 is 5.91 Å². The Balaban J connectivity index is 2.00. The van der Waals surface area contributed by atoms with Gasteiger partial charge in [-0.05, 0) is 12.3 Å². The molecule has 0 spiro atoms. The topological polar surface area (TPSA) is 77.0 Å². The van der Waals surface area contributed by atoms with E-state index >= 15 is 0 Å². The number of amides is 1. The van der Waals surface area contributed by atoms with Gasteiger partial charge in [0.2, 0.25) is 5.91 Å². The predicted octanol–water partition coefficient (Wildman–Crippen LogP) is 0.556. The van der Waals surface area contributed by atoms with E-state index in [1.165, 1.54) is 0 Å². The summed E-state index contributed by atoms with van der Waals surface area (Å²) in [5, 5.41) is 8.31. The Morgan fingerprint density at radius 1 is 1.53 bits per heavy atom. The fraction of sp³-hybridized carbons (Fsp3) is 0.769. The zero-order valence-corrected chi connectivity index (χ0v) is 12.0. The molecule has 106 valence electrons. The molecular weight excluding hydrogens is 242 g/mol. The summed E-state index contributed by atoms with van der Waals surface area (Å²) in [7, 11) is 1.78. The third-order valence-electron chi connectivity index (χ3n) is 3.98. The number of aromatic nitrogens is 3. The summed E-state index contributed by atoms with van der Waals surface area (Å²) in [6, 6.07) is -0.434. The molecule has 1 aromatic rings. The van der Waals surface area contributed by atoms with Crippen LogP contribution in [0.2, 0.25) is 0 Å². The van der Waals surface area contributed by atoms with Crippen LogP contribution in [0, 0.1) is 5.92 Å². The maximum Gasteiger partial charge on any atom is 0.239 e. The molecule has 2 rings (SSSR count). The molecule has 0 unspecified atom stereocenters. The van der Waals surface area contributed by atoms with Gasteiger partial charge in [-0.15, -0.1) is 10.2 Å². The molecule has 1 aromatic heterocycles. The Bertz CT molecular complexity index is 456. The molecule has 0 saturated carbocycles. The predicted molar refractivity (Wildman–Crippen MR) is 72.2 cm³/mol. The average Bonchev–Trinajstić information content (AvgIpc) is 3.00. The van der Waals surface area contributed by atoms with E-state index in [1.54, 1.807) is 11.9 Å². The number of fused-ring (bicyclic) bond motifs is 1. The molecule has 2 atom stereocenters. The van der Waals surface area contributed by atoms with E-state index in [0.717, 1.165) is 37.5 Å². The van der Waals surface area contributed by atoms with Crippen molar-refractivity contribution < 1.29 is 4.79 Å². The second-order valence-electron chi connectivity index (χ2n) is 5.39. The van der Waals surface area contributed by atoms with Crippen LogP contribution in [0.4, 0.5) is 0 Å². The van der Waals surface area contributed by atoms with Crippen molar-refractivity contribution in [2.75, 3.05) is 7.05 Å². The van der Waals surface area contributed by atoms with Crippen molar-refractivity contribution in [3.05, 3.63) is 11.6 Å². The molecule has 2 N–H and O–H groups in total. The van der Waals surface area contributed by atoms with Crippen LogP contribution in [0.5, 0.6) is 0 Å². The summed E-state index contributed by atoms with van der Waals surface area (Å²) in [5.41, 5.74) is 5.98. The van der Waals surface area contributed by atoms with Crippen LogP contribution >= 0.6 is 0 Å². The van der Waals surface area contributed by atoms with Gasteiger partial charge in [0.25, 0.3) is 0 Å². The minimum Gasteiger partial charge on any atom is -0.337 e. The number of aryl methyl sites for hydroxylation is 1. The summed E-state index contributed by atoms with van der Waals surface area (Å²) in [6.07, 6.45) is 3.00.